The largest absolute Gasteiger partial charge is 0.354 e. The van der Waals surface area contributed by atoms with E-state index >= 15 is 0 Å². The molecule has 0 aromatic rings. The predicted molar refractivity (Wildman–Crippen MR) is 208 cm³/mol. The third-order valence-corrected chi connectivity index (χ3v) is 9.23. The van der Waals surface area contributed by atoms with Crippen LogP contribution in [0.15, 0.2) is 24.3 Å². The fourth-order valence-corrected chi connectivity index (χ4v) is 6.02. The normalized spacial score (nSPS) is 12.6. The van der Waals surface area contributed by atoms with Gasteiger partial charge in [-0.3, -0.25) is 14.4 Å². The van der Waals surface area contributed by atoms with E-state index in [0.29, 0.717) is 12.8 Å². The highest BCUT2D eigenvalue weighted by atomic mass is 16.2. The van der Waals surface area contributed by atoms with Crippen molar-refractivity contribution in [3.8, 4) is 0 Å². The van der Waals surface area contributed by atoms with E-state index in [2.05, 4.69) is 48.8 Å². The maximum atomic E-state index is 13.1. The first-order valence-electron chi connectivity index (χ1n) is 20.6. The quantitative estimate of drug-likeness (QED) is 0.0527. The molecule has 0 radical (unpaired) electrons. The minimum Gasteiger partial charge on any atom is -0.354 e. The van der Waals surface area contributed by atoms with Crippen molar-refractivity contribution in [2.45, 2.75) is 220 Å². The van der Waals surface area contributed by atoms with Crippen LogP contribution in [-0.2, 0) is 14.4 Å². The van der Waals surface area contributed by atoms with Gasteiger partial charge in [-0.2, -0.15) is 0 Å². The smallest absolute Gasteiger partial charge is 0.220 e. The lowest BCUT2D eigenvalue weighted by Crippen LogP contribution is -2.51. The molecule has 5 nitrogen and oxygen atoms in total. The van der Waals surface area contributed by atoms with Crippen molar-refractivity contribution >= 4 is 17.6 Å². The van der Waals surface area contributed by atoms with Crippen LogP contribution in [0.1, 0.15) is 214 Å². The van der Waals surface area contributed by atoms with Crippen molar-refractivity contribution in [3.05, 3.63) is 24.3 Å². The molecule has 1 atom stereocenters. The molecule has 0 aromatic heterocycles. The van der Waals surface area contributed by atoms with Gasteiger partial charge in [0.15, 0.2) is 5.78 Å². The summed E-state index contributed by atoms with van der Waals surface area (Å²) in [6.07, 6.45) is 42.1. The summed E-state index contributed by atoms with van der Waals surface area (Å²) in [6, 6.07) is -0.682. The van der Waals surface area contributed by atoms with E-state index in [1.807, 2.05) is 20.8 Å². The first-order valence-corrected chi connectivity index (χ1v) is 20.6. The lowest BCUT2D eigenvalue weighted by molar-refractivity contribution is -0.132. The molecule has 0 aromatic carbocycles. The molecule has 0 saturated carbocycles. The number of amides is 2. The van der Waals surface area contributed by atoms with Crippen LogP contribution in [0, 0.1) is 5.41 Å². The lowest BCUT2D eigenvalue weighted by atomic mass is 9.86. The van der Waals surface area contributed by atoms with Crippen molar-refractivity contribution in [1.29, 1.82) is 0 Å². The van der Waals surface area contributed by atoms with Crippen molar-refractivity contribution in [2.24, 2.45) is 5.41 Å². The second kappa shape index (κ2) is 33.6. The lowest BCUT2D eigenvalue weighted by Gasteiger charge is -2.25. The molecule has 1 unspecified atom stereocenters. The van der Waals surface area contributed by atoms with Gasteiger partial charge in [-0.1, -0.05) is 162 Å². The Morgan fingerprint density at radius 1 is 0.479 bits per heavy atom. The second-order valence-corrected chi connectivity index (χ2v) is 15.2. The number of rotatable bonds is 34. The number of hydrogen-bond donors (Lipinski definition) is 2. The van der Waals surface area contributed by atoms with Crippen molar-refractivity contribution < 1.29 is 14.4 Å². The zero-order valence-electron chi connectivity index (χ0n) is 32.6. The number of nitrogens with one attached hydrogen (secondary N) is 2. The fraction of sp³-hybridized carbons (Fsp3) is 0.837. The third-order valence-electron chi connectivity index (χ3n) is 9.23. The van der Waals surface area contributed by atoms with Gasteiger partial charge in [0.05, 0.1) is 0 Å². The molecule has 5 heteroatoms. The van der Waals surface area contributed by atoms with Gasteiger partial charge in [-0.15, -0.1) is 0 Å². The zero-order valence-corrected chi connectivity index (χ0v) is 32.6. The molecule has 280 valence electrons. The molecule has 0 aliphatic carbocycles. The number of carbonyl (C=O) groups is 3. The van der Waals surface area contributed by atoms with E-state index < -0.39 is 11.5 Å². The van der Waals surface area contributed by atoms with Gasteiger partial charge < -0.3 is 10.6 Å². The third kappa shape index (κ3) is 31.4. The van der Waals surface area contributed by atoms with Gasteiger partial charge in [-0.05, 0) is 64.2 Å². The summed E-state index contributed by atoms with van der Waals surface area (Å²) in [5.41, 5.74) is -0.588. The van der Waals surface area contributed by atoms with Gasteiger partial charge in [0.1, 0.15) is 6.04 Å². The van der Waals surface area contributed by atoms with Crippen molar-refractivity contribution in [2.75, 3.05) is 6.54 Å². The molecule has 0 saturated heterocycles. The summed E-state index contributed by atoms with van der Waals surface area (Å²) < 4.78 is 0. The Morgan fingerprint density at radius 3 is 1.19 bits per heavy atom. The highest BCUT2D eigenvalue weighted by Gasteiger charge is 2.30. The molecule has 2 amide bonds. The first-order chi connectivity index (χ1) is 23.2. The highest BCUT2D eigenvalue weighted by Crippen LogP contribution is 2.17. The van der Waals surface area contributed by atoms with Crippen LogP contribution in [-0.4, -0.2) is 30.2 Å². The SMILES string of the molecule is CCCCCCCC/C=C\CCCCCCCC(=O)NCC(NC(=O)CCCCCCC/C=C\CCCCCCCC)C(=O)C(C)(C)C. The fourth-order valence-electron chi connectivity index (χ4n) is 6.02. The first kappa shape index (κ1) is 46.1. The number of ketones is 1. The molecule has 0 spiro atoms. The molecule has 48 heavy (non-hydrogen) atoms. The minimum absolute atomic E-state index is 0.0363. The maximum Gasteiger partial charge on any atom is 0.220 e. The van der Waals surface area contributed by atoms with E-state index in [4.69, 9.17) is 0 Å². The Morgan fingerprint density at radius 2 is 0.812 bits per heavy atom. The van der Waals surface area contributed by atoms with Crippen LogP contribution in [0.4, 0.5) is 0 Å². The van der Waals surface area contributed by atoms with E-state index in [1.165, 1.54) is 116 Å². The topological polar surface area (TPSA) is 75.3 Å². The van der Waals surface area contributed by atoms with Gasteiger partial charge in [-0.25, -0.2) is 0 Å². The van der Waals surface area contributed by atoms with Crippen molar-refractivity contribution in [3.63, 3.8) is 0 Å². The molecular formula is C43H80N2O3. The molecular weight excluding hydrogens is 592 g/mol. The van der Waals surface area contributed by atoms with Gasteiger partial charge in [0.2, 0.25) is 11.8 Å². The Labute approximate surface area is 298 Å². The average molecular weight is 673 g/mol. The van der Waals surface area contributed by atoms with Crippen LogP contribution >= 0.6 is 0 Å². The summed E-state index contributed by atoms with van der Waals surface area (Å²) in [7, 11) is 0. The number of carbonyl (C=O) groups excluding carboxylic acids is 3. The Balaban J connectivity index is 4.02. The number of hydrogen-bond acceptors (Lipinski definition) is 3. The molecule has 0 heterocycles. The van der Waals surface area contributed by atoms with E-state index in [-0.39, 0.29) is 24.1 Å². The molecule has 0 fully saturated rings. The van der Waals surface area contributed by atoms with Crippen LogP contribution in [0.25, 0.3) is 0 Å². The highest BCUT2D eigenvalue weighted by molar-refractivity contribution is 5.93. The molecule has 0 bridgehead atoms. The summed E-state index contributed by atoms with van der Waals surface area (Å²) in [5, 5.41) is 5.86. The minimum atomic E-state index is -0.682. The van der Waals surface area contributed by atoms with E-state index in [0.717, 1.165) is 51.4 Å². The number of allylic oxidation sites excluding steroid dienone is 4. The molecule has 0 aliphatic rings. The zero-order chi connectivity index (χ0) is 35.6. The van der Waals surface area contributed by atoms with Crippen LogP contribution in [0.5, 0.6) is 0 Å². The van der Waals surface area contributed by atoms with Gasteiger partial charge >= 0.3 is 0 Å². The van der Waals surface area contributed by atoms with Gasteiger partial charge in [0, 0.05) is 24.8 Å². The Kier molecular flexibility index (Phi) is 32.2. The van der Waals surface area contributed by atoms with Crippen molar-refractivity contribution in [1.82, 2.24) is 10.6 Å². The monoisotopic (exact) mass is 673 g/mol. The summed E-state index contributed by atoms with van der Waals surface area (Å²) in [6.45, 7) is 10.3. The summed E-state index contributed by atoms with van der Waals surface area (Å²) >= 11 is 0. The number of unbranched alkanes of at least 4 members (excludes halogenated alkanes) is 22. The average Bonchev–Trinajstić information content (AvgIpc) is 3.05. The second-order valence-electron chi connectivity index (χ2n) is 15.2. The van der Waals surface area contributed by atoms with Crippen LogP contribution in [0.3, 0.4) is 0 Å². The van der Waals surface area contributed by atoms with E-state index in [1.54, 1.807) is 0 Å². The standard InChI is InChI=1S/C43H80N2O3/c1-6-8-10-12-14-16-18-20-22-24-26-28-30-32-34-36-40(46)44-38-39(42(48)43(3,4)5)45-41(47)37-35-33-31-29-27-25-23-21-19-17-15-13-11-9-7-2/h20-23,39H,6-19,24-38H2,1-5H3,(H,44,46)(H,45,47)/b22-20-,23-21-. The summed E-state index contributed by atoms with van der Waals surface area (Å²) in [5.74, 6) is -0.172. The van der Waals surface area contributed by atoms with Gasteiger partial charge in [0.25, 0.3) is 0 Å². The van der Waals surface area contributed by atoms with Crippen LogP contribution in [0.2, 0.25) is 0 Å². The predicted octanol–water partition coefficient (Wildman–Crippen LogP) is 12.3. The molecule has 2 N–H and O–H groups in total. The molecule has 0 aliphatic heterocycles. The summed E-state index contributed by atoms with van der Waals surface area (Å²) in [4.78, 5) is 38.3. The van der Waals surface area contributed by atoms with E-state index in [9.17, 15) is 14.4 Å². The Hall–Kier alpha value is -1.91. The van der Waals surface area contributed by atoms with Crippen LogP contribution < -0.4 is 10.6 Å². The maximum absolute atomic E-state index is 13.1. The Bertz CT molecular complexity index is 826. The number of Topliss-reactive ketones (excluding diaryl/α,β-unsaturated/α-hetero) is 1. The molecule has 0 rings (SSSR count).